The zero-order valence-corrected chi connectivity index (χ0v) is 40.0. The van der Waals surface area contributed by atoms with E-state index < -0.39 is 84.6 Å². The molecule has 25 nitrogen and oxygen atoms in total. The summed E-state index contributed by atoms with van der Waals surface area (Å²) in [6, 6.07) is 0. The van der Waals surface area contributed by atoms with E-state index in [4.69, 9.17) is 19.5 Å². The summed E-state index contributed by atoms with van der Waals surface area (Å²) in [5.41, 5.74) is 4.24. The fraction of sp³-hybridized carbons (Fsp3) is 0.750. The van der Waals surface area contributed by atoms with Crippen molar-refractivity contribution in [3.8, 4) is 0 Å². The number of carbonyl (C=O) groups excluding carboxylic acids is 4. The van der Waals surface area contributed by atoms with Crippen LogP contribution in [0.5, 0.6) is 0 Å². The maximum absolute atomic E-state index is 12.7. The number of aliphatic hydroxyl groups excluding tert-OH is 2. The number of nitrogen functional groups attached to an aromatic ring is 1. The lowest BCUT2D eigenvalue weighted by molar-refractivity contribution is -0.137. The van der Waals surface area contributed by atoms with Gasteiger partial charge in [-0.15, -0.1) is 0 Å². The van der Waals surface area contributed by atoms with Gasteiger partial charge in [-0.05, 0) is 6.42 Å². The third-order valence-corrected chi connectivity index (χ3v) is 13.9. The second kappa shape index (κ2) is 26.7. The molecule has 0 aliphatic carbocycles. The van der Waals surface area contributed by atoms with Crippen LogP contribution >= 0.6 is 35.2 Å². The van der Waals surface area contributed by atoms with E-state index in [0.29, 0.717) is 6.42 Å². The fourth-order valence-electron chi connectivity index (χ4n) is 6.41. The summed E-state index contributed by atoms with van der Waals surface area (Å²) in [7, 11) is -16.4. The zero-order valence-electron chi connectivity index (χ0n) is 36.5. The van der Waals surface area contributed by atoms with Crippen molar-refractivity contribution in [2.45, 2.75) is 135 Å². The second-order valence-corrected chi connectivity index (χ2v) is 21.3. The van der Waals surface area contributed by atoms with E-state index in [1.54, 1.807) is 0 Å². The van der Waals surface area contributed by atoms with Crippen molar-refractivity contribution in [2.75, 3.05) is 37.8 Å². The van der Waals surface area contributed by atoms with Gasteiger partial charge >= 0.3 is 23.5 Å². The lowest BCUT2D eigenvalue weighted by Crippen LogP contribution is -2.46. The largest absolute Gasteiger partial charge is 0.481 e. The van der Waals surface area contributed by atoms with Gasteiger partial charge < -0.3 is 50.9 Å². The number of hydrogen-bond acceptors (Lipinski definition) is 19. The number of nitrogens with two attached hydrogens (primary N) is 1. The number of Topliss-reactive ketones (excluding diaryl/α,β-unsaturated/α-hetero) is 1. The molecule has 2 aromatic rings. The highest BCUT2D eigenvalue weighted by molar-refractivity contribution is 8.13. The number of nitrogens with one attached hydrogen (secondary N) is 2. The van der Waals surface area contributed by atoms with Crippen LogP contribution in [0.2, 0.25) is 0 Å². The van der Waals surface area contributed by atoms with Crippen LogP contribution in [0, 0.1) is 5.41 Å². The number of imidazole rings is 1. The van der Waals surface area contributed by atoms with Crippen molar-refractivity contribution >= 4 is 74.9 Å². The Kier molecular flexibility index (Phi) is 23.2. The Balaban J connectivity index is 1.35. The van der Waals surface area contributed by atoms with Crippen molar-refractivity contribution in [1.29, 1.82) is 0 Å². The number of rotatable bonds is 32. The monoisotopic (exact) mass is 1010 g/mol. The second-order valence-electron chi connectivity index (χ2n) is 15.9. The van der Waals surface area contributed by atoms with Crippen LogP contribution in [0.25, 0.3) is 11.2 Å². The topological polar surface area (TPSA) is 381 Å². The highest BCUT2D eigenvalue weighted by atomic mass is 32.2. The van der Waals surface area contributed by atoms with Gasteiger partial charge in [-0.3, -0.25) is 37.3 Å². The number of unbranched alkanes of at least 4 members (excludes halogenated alkanes) is 9. The molecule has 29 heteroatoms. The molecule has 3 heterocycles. The number of aliphatic hydroxyl groups is 2. The summed E-state index contributed by atoms with van der Waals surface area (Å²) in [5, 5.41) is 26.2. The van der Waals surface area contributed by atoms with Gasteiger partial charge in [0.15, 0.2) is 22.8 Å². The number of hydrogen-bond donors (Lipinski definition) is 9. The van der Waals surface area contributed by atoms with Crippen molar-refractivity contribution in [1.82, 2.24) is 30.2 Å². The van der Waals surface area contributed by atoms with Gasteiger partial charge in [-0.2, -0.15) is 4.31 Å². The van der Waals surface area contributed by atoms with Gasteiger partial charge in [0.1, 0.15) is 42.0 Å². The molecule has 7 unspecified atom stereocenters. The van der Waals surface area contributed by atoms with Crippen molar-refractivity contribution in [3.05, 3.63) is 12.7 Å². The summed E-state index contributed by atoms with van der Waals surface area (Å²) in [6.07, 6.45) is 4.64. The molecule has 0 saturated carbocycles. The van der Waals surface area contributed by atoms with Crippen molar-refractivity contribution in [3.63, 3.8) is 0 Å². The summed E-state index contributed by atoms with van der Waals surface area (Å²) < 4.78 is 62.3. The first-order valence-corrected chi connectivity index (χ1v) is 26.5. The molecule has 65 heavy (non-hydrogen) atoms. The summed E-state index contributed by atoms with van der Waals surface area (Å²) >= 11 is 0.936. The average Bonchev–Trinajstić information content (AvgIpc) is 3.78. The van der Waals surface area contributed by atoms with E-state index in [9.17, 15) is 62.7 Å². The number of phosphoric ester groups is 3. The van der Waals surface area contributed by atoms with E-state index >= 15 is 0 Å². The van der Waals surface area contributed by atoms with Crippen LogP contribution in [0.1, 0.15) is 110 Å². The molecule has 2 amide bonds. The number of anilines is 1. The minimum absolute atomic E-state index is 0.0261. The Morgan fingerprint density at radius 2 is 1.54 bits per heavy atom. The number of thioether (sulfide) groups is 1. The summed E-state index contributed by atoms with van der Waals surface area (Å²) in [4.78, 5) is 100. The molecule has 0 radical (unpaired) electrons. The maximum atomic E-state index is 12.7. The van der Waals surface area contributed by atoms with Gasteiger partial charge in [0, 0.05) is 37.1 Å². The Morgan fingerprint density at radius 3 is 2.18 bits per heavy atom. The third kappa shape index (κ3) is 20.2. The lowest BCUT2D eigenvalue weighted by atomic mass is 9.87. The predicted molar refractivity (Wildman–Crippen MR) is 233 cm³/mol. The number of ether oxygens (including phenoxy) is 1. The first-order valence-electron chi connectivity index (χ1n) is 21.0. The molecule has 1 fully saturated rings. The molecule has 2 aromatic heterocycles. The number of ketones is 1. The van der Waals surface area contributed by atoms with Crippen molar-refractivity contribution in [2.24, 2.45) is 5.41 Å². The molecule has 1 aliphatic rings. The Morgan fingerprint density at radius 1 is 0.908 bits per heavy atom. The Hall–Kier alpha value is -2.77. The normalized spacial score (nSPS) is 20.3. The molecule has 10 N–H and O–H groups in total. The molecule has 0 bridgehead atoms. The fourth-order valence-corrected chi connectivity index (χ4v) is 9.93. The average molecular weight is 1010 g/mol. The first-order chi connectivity index (χ1) is 30.4. The van der Waals surface area contributed by atoms with E-state index in [1.807, 2.05) is 0 Å². The maximum Gasteiger partial charge on any atom is 0.481 e. The molecular formula is C36H62N7O18P3S. The van der Waals surface area contributed by atoms with Gasteiger partial charge in [0.2, 0.25) is 11.8 Å². The quantitative estimate of drug-likeness (QED) is 0.0289. The smallest absolute Gasteiger partial charge is 0.386 e. The van der Waals surface area contributed by atoms with Crippen molar-refractivity contribution < 1.29 is 85.3 Å². The molecule has 0 aromatic carbocycles. The van der Waals surface area contributed by atoms with Crippen LogP contribution in [-0.2, 0) is 55.5 Å². The molecular weight excluding hydrogens is 943 g/mol. The Labute approximate surface area is 380 Å². The number of carbonyl (C=O) groups is 4. The minimum atomic E-state index is -5.59. The standard InChI is InChI=1S/C36H62N7O18P3S/c1-4-5-6-7-8-9-10-11-12-13-14-24(44)19-27(46)65-18-17-38-26(45)15-16-39-34(49)31(48)36(2,3)21-58-64(55,56)61-63(53,54)57-20-25-30(60-62(50,51)52)29(47)35(59-25)43-23-42-28-32(37)40-22-41-33(28)43/h22-23,25,29-31,35,47-48H,4-21H2,1-3H3,(H,38,45)(H,39,49)(H,53,54)(H,55,56)(H2,37,40,41)(H2,50,51,52). The van der Waals surface area contributed by atoms with Crippen LogP contribution in [0.4, 0.5) is 5.82 Å². The van der Waals surface area contributed by atoms with Crippen LogP contribution in [0.15, 0.2) is 12.7 Å². The number of aromatic nitrogens is 4. The van der Waals surface area contributed by atoms with Crippen LogP contribution in [0.3, 0.4) is 0 Å². The van der Waals surface area contributed by atoms with Gasteiger partial charge in [-0.1, -0.05) is 90.3 Å². The molecule has 370 valence electrons. The Bertz CT molecular complexity index is 2030. The number of phosphoric acid groups is 3. The number of nitrogens with zero attached hydrogens (tertiary/aromatic N) is 4. The van der Waals surface area contributed by atoms with Crippen LogP contribution < -0.4 is 16.4 Å². The van der Waals surface area contributed by atoms with Crippen LogP contribution in [-0.4, -0.2) is 128 Å². The summed E-state index contributed by atoms with van der Waals surface area (Å²) in [6.45, 7) is 2.53. The summed E-state index contributed by atoms with van der Waals surface area (Å²) in [5.74, 6) is -1.39. The van der Waals surface area contributed by atoms with Gasteiger partial charge in [-0.25, -0.2) is 28.6 Å². The lowest BCUT2D eigenvalue weighted by Gasteiger charge is -2.30. The number of fused-ring (bicyclic) bond motifs is 1. The third-order valence-electron chi connectivity index (χ3n) is 9.92. The minimum Gasteiger partial charge on any atom is -0.386 e. The number of amides is 2. The predicted octanol–water partition coefficient (Wildman–Crippen LogP) is 2.93. The first kappa shape index (κ1) is 56.6. The van der Waals surface area contributed by atoms with E-state index in [0.717, 1.165) is 54.7 Å². The highest BCUT2D eigenvalue weighted by Crippen LogP contribution is 2.61. The molecule has 0 spiro atoms. The molecule has 1 aliphatic heterocycles. The van der Waals surface area contributed by atoms with E-state index in [-0.39, 0.29) is 59.6 Å². The SMILES string of the molecule is CCCCCCCCCCCCC(=O)CC(=O)SCCNC(=O)CCNC(=O)C(O)C(C)(C)COP(=O)(O)OP(=O)(O)OCC1OC(n2cnc3c(N)ncnc32)C(O)C1OP(=O)(O)O. The highest BCUT2D eigenvalue weighted by Gasteiger charge is 2.50. The molecule has 1 saturated heterocycles. The zero-order chi connectivity index (χ0) is 48.4. The molecule has 7 atom stereocenters. The molecule has 3 rings (SSSR count). The van der Waals surface area contributed by atoms with E-state index in [1.165, 1.54) is 52.4 Å². The van der Waals surface area contributed by atoms with Gasteiger partial charge in [0.25, 0.3) is 0 Å². The van der Waals surface area contributed by atoms with E-state index in [2.05, 4.69) is 41.3 Å². The van der Waals surface area contributed by atoms with Gasteiger partial charge in [0.05, 0.1) is 26.0 Å².